The third kappa shape index (κ3) is 37.9. The van der Waals surface area contributed by atoms with Crippen molar-refractivity contribution in [2.24, 2.45) is 11.8 Å². The maximum atomic E-state index is 13.0. The molecule has 2 atom stereocenters. The van der Waals surface area contributed by atoms with Gasteiger partial charge in [0.1, 0.15) is 0 Å². The van der Waals surface area contributed by atoms with E-state index in [4.69, 9.17) is 9.47 Å². The van der Waals surface area contributed by atoms with Crippen LogP contribution < -0.4 is 0 Å². The van der Waals surface area contributed by atoms with E-state index in [0.29, 0.717) is 25.3 Å². The molecule has 0 aliphatic carbocycles. The maximum absolute atomic E-state index is 13.0. The van der Waals surface area contributed by atoms with Crippen LogP contribution in [-0.4, -0.2) is 73.2 Å². The summed E-state index contributed by atoms with van der Waals surface area (Å²) in [5.74, 6) is 0.381. The van der Waals surface area contributed by atoms with Crippen molar-refractivity contribution in [2.45, 2.75) is 292 Å². The summed E-state index contributed by atoms with van der Waals surface area (Å²) in [6.45, 7) is 24.3. The van der Waals surface area contributed by atoms with Gasteiger partial charge in [-0.05, 0) is 112 Å². The van der Waals surface area contributed by atoms with Crippen LogP contribution in [0.2, 0.25) is 0 Å². The van der Waals surface area contributed by atoms with Gasteiger partial charge in [-0.1, -0.05) is 195 Å². The Morgan fingerprint density at radius 2 is 0.574 bits per heavy atom. The second-order valence-electron chi connectivity index (χ2n) is 19.7. The third-order valence-corrected chi connectivity index (χ3v) is 13.3. The molecule has 0 fully saturated rings. The minimum atomic E-state index is 0.0787. The molecule has 6 nitrogen and oxygen atoms in total. The van der Waals surface area contributed by atoms with Gasteiger partial charge in [-0.2, -0.15) is 0 Å². The van der Waals surface area contributed by atoms with Crippen LogP contribution in [0.5, 0.6) is 0 Å². The van der Waals surface area contributed by atoms with Gasteiger partial charge in [0.25, 0.3) is 0 Å². The topological polar surface area (TPSA) is 59.1 Å². The molecule has 0 saturated heterocycles. The standard InChI is InChI=1S/C55H110N2O4/c1-9-13-17-21-25-33-42-52(40-31-19-15-11-3)54(58)60-48-37-29-23-27-35-44-56(50(5)6)46-39-47-57(51(7)8)45-36-28-24-30-38-49-61-55(59)53(41-32-20-16-12-4)43-34-26-22-18-14-10-2/h50-53H,9-49H2,1-8H3. The van der Waals surface area contributed by atoms with Crippen LogP contribution in [0.1, 0.15) is 280 Å². The van der Waals surface area contributed by atoms with Crippen molar-refractivity contribution in [3.63, 3.8) is 0 Å². The molecule has 0 saturated carbocycles. The zero-order valence-electron chi connectivity index (χ0n) is 42.8. The largest absolute Gasteiger partial charge is 0.465 e. The summed E-state index contributed by atoms with van der Waals surface area (Å²) in [5.41, 5.74) is 0. The highest BCUT2D eigenvalue weighted by Crippen LogP contribution is 2.22. The molecule has 0 radical (unpaired) electrons. The van der Waals surface area contributed by atoms with Crippen molar-refractivity contribution in [3.05, 3.63) is 0 Å². The van der Waals surface area contributed by atoms with Crippen molar-refractivity contribution >= 4 is 11.9 Å². The lowest BCUT2D eigenvalue weighted by molar-refractivity contribution is -0.150. The smallest absolute Gasteiger partial charge is 0.308 e. The van der Waals surface area contributed by atoms with E-state index in [1.807, 2.05) is 0 Å². The summed E-state index contributed by atoms with van der Waals surface area (Å²) in [6, 6.07) is 1.16. The molecule has 0 aliphatic rings. The first kappa shape index (κ1) is 59.9. The summed E-state index contributed by atoms with van der Waals surface area (Å²) in [5, 5.41) is 0. The number of hydrogen-bond acceptors (Lipinski definition) is 6. The van der Waals surface area contributed by atoms with Crippen molar-refractivity contribution in [1.29, 1.82) is 0 Å². The number of esters is 2. The lowest BCUT2D eigenvalue weighted by Gasteiger charge is -2.30. The molecule has 6 heteroatoms. The normalized spacial score (nSPS) is 12.9. The summed E-state index contributed by atoms with van der Waals surface area (Å²) in [6.07, 6.45) is 42.3. The molecule has 0 aromatic rings. The van der Waals surface area contributed by atoms with Crippen molar-refractivity contribution in [2.75, 3.05) is 39.4 Å². The zero-order chi connectivity index (χ0) is 45.0. The van der Waals surface area contributed by atoms with E-state index in [2.05, 4.69) is 65.2 Å². The van der Waals surface area contributed by atoms with Gasteiger partial charge < -0.3 is 19.3 Å². The zero-order valence-corrected chi connectivity index (χ0v) is 42.8. The van der Waals surface area contributed by atoms with E-state index in [-0.39, 0.29) is 23.8 Å². The molecule has 0 N–H and O–H groups in total. The van der Waals surface area contributed by atoms with Gasteiger partial charge in [0.2, 0.25) is 0 Å². The van der Waals surface area contributed by atoms with Gasteiger partial charge in [0.05, 0.1) is 25.0 Å². The van der Waals surface area contributed by atoms with E-state index < -0.39 is 0 Å². The first-order chi connectivity index (χ1) is 29.7. The first-order valence-electron chi connectivity index (χ1n) is 27.5. The summed E-state index contributed by atoms with van der Waals surface area (Å²) in [4.78, 5) is 31.3. The Hall–Kier alpha value is -1.14. The minimum Gasteiger partial charge on any atom is -0.465 e. The lowest BCUT2D eigenvalue weighted by atomic mass is 9.94. The first-order valence-corrected chi connectivity index (χ1v) is 27.5. The maximum Gasteiger partial charge on any atom is 0.308 e. The van der Waals surface area contributed by atoms with Gasteiger partial charge in [0.15, 0.2) is 0 Å². The van der Waals surface area contributed by atoms with Gasteiger partial charge in [-0.15, -0.1) is 0 Å². The second-order valence-corrected chi connectivity index (χ2v) is 19.7. The lowest BCUT2D eigenvalue weighted by Crippen LogP contribution is -2.37. The van der Waals surface area contributed by atoms with Crippen LogP contribution in [0.4, 0.5) is 0 Å². The Balaban J connectivity index is 4.29. The van der Waals surface area contributed by atoms with Crippen LogP contribution in [0.15, 0.2) is 0 Å². The summed E-state index contributed by atoms with van der Waals surface area (Å²) in [7, 11) is 0. The molecular formula is C55H110N2O4. The van der Waals surface area contributed by atoms with Crippen molar-refractivity contribution < 1.29 is 19.1 Å². The number of unbranched alkanes of at least 4 members (excludes halogenated alkanes) is 24. The van der Waals surface area contributed by atoms with E-state index >= 15 is 0 Å². The van der Waals surface area contributed by atoms with Crippen molar-refractivity contribution in [1.82, 2.24) is 9.80 Å². The number of rotatable bonds is 48. The Morgan fingerprint density at radius 1 is 0.328 bits per heavy atom. The SMILES string of the molecule is CCCCCCCCC(CCCCCC)C(=O)OCCCCCCCN(CCCN(CCCCCCCOC(=O)C(CCCCCC)CCCCCCCC)C(C)C)C(C)C. The molecule has 0 spiro atoms. The minimum absolute atomic E-state index is 0.0787. The predicted molar refractivity (Wildman–Crippen MR) is 267 cm³/mol. The number of carbonyl (C=O) groups excluding carboxylic acids is 2. The Labute approximate surface area is 383 Å². The quantitative estimate of drug-likeness (QED) is 0.0449. The highest BCUT2D eigenvalue weighted by Gasteiger charge is 2.21. The molecule has 364 valence electrons. The molecule has 0 amide bonds. The Kier molecular flexibility index (Phi) is 44.6. The molecule has 0 heterocycles. The molecule has 0 aromatic carbocycles. The number of ether oxygens (including phenoxy) is 2. The predicted octanol–water partition coefficient (Wildman–Crippen LogP) is 16.5. The fourth-order valence-electron chi connectivity index (χ4n) is 8.95. The highest BCUT2D eigenvalue weighted by molar-refractivity contribution is 5.72. The van der Waals surface area contributed by atoms with Crippen LogP contribution in [0.25, 0.3) is 0 Å². The third-order valence-electron chi connectivity index (χ3n) is 13.3. The van der Waals surface area contributed by atoms with Gasteiger partial charge in [0, 0.05) is 12.1 Å². The average molecular weight is 863 g/mol. The van der Waals surface area contributed by atoms with Gasteiger partial charge >= 0.3 is 11.9 Å². The molecule has 0 rings (SSSR count). The van der Waals surface area contributed by atoms with Gasteiger partial charge in [-0.3, -0.25) is 9.59 Å². The number of carbonyl (C=O) groups is 2. The van der Waals surface area contributed by atoms with Crippen LogP contribution in [0, 0.1) is 11.8 Å². The monoisotopic (exact) mass is 863 g/mol. The van der Waals surface area contributed by atoms with E-state index in [9.17, 15) is 9.59 Å². The highest BCUT2D eigenvalue weighted by atomic mass is 16.5. The van der Waals surface area contributed by atoms with E-state index in [1.54, 1.807) is 0 Å². The molecular weight excluding hydrogens is 753 g/mol. The Bertz CT molecular complexity index is 854. The van der Waals surface area contributed by atoms with Crippen LogP contribution in [0.3, 0.4) is 0 Å². The van der Waals surface area contributed by atoms with Crippen molar-refractivity contribution in [3.8, 4) is 0 Å². The van der Waals surface area contributed by atoms with E-state index in [0.717, 1.165) is 64.2 Å². The fourth-order valence-corrected chi connectivity index (χ4v) is 8.95. The second kappa shape index (κ2) is 45.4. The molecule has 61 heavy (non-hydrogen) atoms. The van der Waals surface area contributed by atoms with Crippen LogP contribution >= 0.6 is 0 Å². The number of nitrogens with zero attached hydrogens (tertiary/aromatic N) is 2. The molecule has 0 aliphatic heterocycles. The Morgan fingerprint density at radius 3 is 0.885 bits per heavy atom. The van der Waals surface area contributed by atoms with E-state index in [1.165, 1.54) is 187 Å². The average Bonchev–Trinajstić information content (AvgIpc) is 3.24. The molecule has 0 bridgehead atoms. The summed E-state index contributed by atoms with van der Waals surface area (Å²) < 4.78 is 11.7. The van der Waals surface area contributed by atoms with Crippen LogP contribution in [-0.2, 0) is 19.1 Å². The fraction of sp³-hybridized carbons (Fsp3) is 0.964. The number of hydrogen-bond donors (Lipinski definition) is 0. The molecule has 2 unspecified atom stereocenters. The van der Waals surface area contributed by atoms with Gasteiger partial charge in [-0.25, -0.2) is 0 Å². The summed E-state index contributed by atoms with van der Waals surface area (Å²) >= 11 is 0. The molecule has 0 aromatic heterocycles.